The lowest BCUT2D eigenvalue weighted by atomic mass is 10.1. The van der Waals surface area contributed by atoms with Gasteiger partial charge in [-0.05, 0) is 35.9 Å². The molecule has 186 valence electrons. The van der Waals surface area contributed by atoms with Gasteiger partial charge in [0.1, 0.15) is 5.75 Å². The third-order valence-corrected chi connectivity index (χ3v) is 6.42. The maximum Gasteiger partial charge on any atom is 0.274 e. The van der Waals surface area contributed by atoms with Gasteiger partial charge in [-0.15, -0.1) is 0 Å². The number of hydrogen-bond acceptors (Lipinski definition) is 5. The molecule has 5 rings (SSSR count). The van der Waals surface area contributed by atoms with Crippen molar-refractivity contribution in [3.8, 4) is 17.0 Å². The van der Waals surface area contributed by atoms with E-state index in [2.05, 4.69) is 34.3 Å². The largest absolute Gasteiger partial charge is 1.00 e. The van der Waals surface area contributed by atoms with Crippen LogP contribution in [0.2, 0.25) is 0 Å². The number of rotatable bonds is 6. The van der Waals surface area contributed by atoms with E-state index < -0.39 is 0 Å². The molecule has 0 unspecified atom stereocenters. The number of carbonyl (C=O) groups is 1. The lowest BCUT2D eigenvalue weighted by Gasteiger charge is -2.34. The molecule has 1 amide bonds. The second-order valence-electron chi connectivity index (χ2n) is 8.78. The summed E-state index contributed by atoms with van der Waals surface area (Å²) in [6.45, 7) is 4.05. The number of hydrogen-bond donors (Lipinski definition) is 0. The first-order chi connectivity index (χ1) is 17.1. The highest BCUT2D eigenvalue weighted by molar-refractivity contribution is 5.93. The van der Waals surface area contributed by atoms with E-state index in [4.69, 9.17) is 4.74 Å². The van der Waals surface area contributed by atoms with E-state index in [1.54, 1.807) is 7.05 Å². The van der Waals surface area contributed by atoms with Crippen LogP contribution in [0.4, 0.5) is 0 Å². The number of amides is 1. The quantitative estimate of drug-likeness (QED) is 0.348. The van der Waals surface area contributed by atoms with Crippen molar-refractivity contribution in [2.75, 3.05) is 32.8 Å². The molecule has 8 heteroatoms. The summed E-state index contributed by atoms with van der Waals surface area (Å²) in [5, 5.41) is 5.91. The number of aryl methyl sites for hydroxylation is 1. The maximum absolute atomic E-state index is 12.7. The molecule has 0 atom stereocenters. The number of ether oxygens (including phenoxy) is 1. The standard InChI is InChI=1S/C28H28N4O3.BrH/c1-30-28(34)25-10-6-5-9-24(25)27(29-30)22-11-13-23(14-12-22)35-20-26(33)32-17-15-31(16-18-32)19-21-7-3-2-4-8-21;/h2-14H,15-20H2,1H3;1H/p-1. The molecule has 7 nitrogen and oxygen atoms in total. The molecule has 2 heterocycles. The number of benzene rings is 3. The Labute approximate surface area is 220 Å². The molecule has 0 bridgehead atoms. The van der Waals surface area contributed by atoms with Crippen molar-refractivity contribution >= 4 is 16.7 Å². The van der Waals surface area contributed by atoms with Crippen LogP contribution in [-0.4, -0.2) is 58.3 Å². The van der Waals surface area contributed by atoms with Crippen LogP contribution in [0, 0.1) is 0 Å². The third-order valence-electron chi connectivity index (χ3n) is 6.42. The van der Waals surface area contributed by atoms with Gasteiger partial charge in [0.15, 0.2) is 6.61 Å². The molecule has 36 heavy (non-hydrogen) atoms. The molecule has 3 aromatic carbocycles. The van der Waals surface area contributed by atoms with Crippen molar-refractivity contribution in [2.24, 2.45) is 7.05 Å². The van der Waals surface area contributed by atoms with Crippen LogP contribution in [0.5, 0.6) is 5.75 Å². The number of halogens is 1. The summed E-state index contributed by atoms with van der Waals surface area (Å²) in [4.78, 5) is 29.3. The molecular weight excluding hydrogens is 520 g/mol. The summed E-state index contributed by atoms with van der Waals surface area (Å²) >= 11 is 0. The fourth-order valence-corrected chi connectivity index (χ4v) is 4.46. The predicted molar refractivity (Wildman–Crippen MR) is 136 cm³/mol. The van der Waals surface area contributed by atoms with E-state index >= 15 is 0 Å². The van der Waals surface area contributed by atoms with E-state index in [0.717, 1.165) is 36.3 Å². The van der Waals surface area contributed by atoms with Crippen LogP contribution in [0.1, 0.15) is 5.56 Å². The topological polar surface area (TPSA) is 67.7 Å². The monoisotopic (exact) mass is 547 g/mol. The molecule has 1 fully saturated rings. The molecule has 0 aliphatic carbocycles. The molecule has 0 saturated carbocycles. The van der Waals surface area contributed by atoms with E-state index in [1.165, 1.54) is 10.2 Å². The smallest absolute Gasteiger partial charge is 0.274 e. The number of piperazine rings is 1. The Morgan fingerprint density at radius 2 is 1.50 bits per heavy atom. The van der Waals surface area contributed by atoms with Gasteiger partial charge < -0.3 is 26.6 Å². The molecule has 1 aliphatic heterocycles. The highest BCUT2D eigenvalue weighted by Gasteiger charge is 2.21. The van der Waals surface area contributed by atoms with Gasteiger partial charge in [0.05, 0.1) is 11.1 Å². The first kappa shape index (κ1) is 25.6. The summed E-state index contributed by atoms with van der Waals surface area (Å²) < 4.78 is 7.15. The van der Waals surface area contributed by atoms with Crippen molar-refractivity contribution in [1.82, 2.24) is 19.6 Å². The average Bonchev–Trinajstić information content (AvgIpc) is 2.91. The molecule has 1 aliphatic rings. The molecule has 0 spiro atoms. The zero-order valence-corrected chi connectivity index (χ0v) is 21.7. The van der Waals surface area contributed by atoms with Crippen LogP contribution in [-0.2, 0) is 18.4 Å². The lowest BCUT2D eigenvalue weighted by molar-refractivity contribution is -0.135. The third kappa shape index (κ3) is 5.66. The normalized spacial score (nSPS) is 13.9. The molecule has 1 saturated heterocycles. The van der Waals surface area contributed by atoms with Gasteiger partial charge >= 0.3 is 0 Å². The van der Waals surface area contributed by atoms with Crippen LogP contribution >= 0.6 is 0 Å². The Bertz CT molecular complexity index is 1380. The summed E-state index contributed by atoms with van der Waals surface area (Å²) in [7, 11) is 1.66. The van der Waals surface area contributed by atoms with Gasteiger partial charge in [0, 0.05) is 50.7 Å². The second kappa shape index (κ2) is 11.5. The summed E-state index contributed by atoms with van der Waals surface area (Å²) in [5.41, 5.74) is 2.78. The number of fused-ring (bicyclic) bond motifs is 1. The maximum atomic E-state index is 12.7. The molecule has 4 aromatic rings. The zero-order valence-electron chi connectivity index (χ0n) is 20.1. The molecular formula is C28H28BrN4O3-. The lowest BCUT2D eigenvalue weighted by Crippen LogP contribution is -3.00. The summed E-state index contributed by atoms with van der Waals surface area (Å²) in [6, 6.07) is 25.4. The average molecular weight is 548 g/mol. The molecule has 1 aromatic heterocycles. The first-order valence-electron chi connectivity index (χ1n) is 11.8. The zero-order chi connectivity index (χ0) is 24.2. The minimum atomic E-state index is -0.122. The van der Waals surface area contributed by atoms with Gasteiger partial charge in [-0.25, -0.2) is 4.68 Å². The van der Waals surface area contributed by atoms with Crippen LogP contribution in [0.15, 0.2) is 83.7 Å². The Morgan fingerprint density at radius 1 is 0.861 bits per heavy atom. The minimum Gasteiger partial charge on any atom is -1.00 e. The van der Waals surface area contributed by atoms with Crippen molar-refractivity contribution in [3.63, 3.8) is 0 Å². The first-order valence-corrected chi connectivity index (χ1v) is 11.8. The summed E-state index contributed by atoms with van der Waals surface area (Å²) in [6.07, 6.45) is 0. The number of nitrogens with zero attached hydrogens (tertiary/aromatic N) is 4. The summed E-state index contributed by atoms with van der Waals surface area (Å²) in [5.74, 6) is 0.623. The van der Waals surface area contributed by atoms with Crippen molar-refractivity contribution < 1.29 is 26.5 Å². The Hall–Kier alpha value is -3.49. The second-order valence-corrected chi connectivity index (χ2v) is 8.78. The van der Waals surface area contributed by atoms with Crippen LogP contribution in [0.25, 0.3) is 22.0 Å². The highest BCUT2D eigenvalue weighted by atomic mass is 79.9. The van der Waals surface area contributed by atoms with Crippen molar-refractivity contribution in [3.05, 3.63) is 94.8 Å². The number of carbonyl (C=O) groups excluding carboxylic acids is 1. The Kier molecular flexibility index (Phi) is 8.18. The Morgan fingerprint density at radius 3 is 2.19 bits per heavy atom. The van der Waals surface area contributed by atoms with E-state index in [0.29, 0.717) is 24.2 Å². The van der Waals surface area contributed by atoms with Gasteiger partial charge in [-0.2, -0.15) is 5.10 Å². The van der Waals surface area contributed by atoms with Gasteiger partial charge in [0.25, 0.3) is 11.5 Å². The van der Waals surface area contributed by atoms with Crippen LogP contribution < -0.4 is 27.3 Å². The van der Waals surface area contributed by atoms with E-state index in [1.807, 2.05) is 59.5 Å². The fourth-order valence-electron chi connectivity index (χ4n) is 4.46. The van der Waals surface area contributed by atoms with Crippen LogP contribution in [0.3, 0.4) is 0 Å². The minimum absolute atomic E-state index is 0. The van der Waals surface area contributed by atoms with Crippen molar-refractivity contribution in [1.29, 1.82) is 0 Å². The van der Waals surface area contributed by atoms with Gasteiger partial charge in [0.2, 0.25) is 0 Å². The van der Waals surface area contributed by atoms with Crippen molar-refractivity contribution in [2.45, 2.75) is 6.54 Å². The van der Waals surface area contributed by atoms with E-state index in [9.17, 15) is 9.59 Å². The van der Waals surface area contributed by atoms with Gasteiger partial charge in [-0.3, -0.25) is 14.5 Å². The Balaban J connectivity index is 0.00000304. The fraction of sp³-hybridized carbons (Fsp3) is 0.250. The van der Waals surface area contributed by atoms with Gasteiger partial charge in [-0.1, -0.05) is 48.5 Å². The molecule has 0 N–H and O–H groups in total. The van der Waals surface area contributed by atoms with E-state index in [-0.39, 0.29) is 35.1 Å². The SMILES string of the molecule is Cn1nc(-c2ccc(OCC(=O)N3CCN(Cc4ccccc4)CC3)cc2)c2ccccc2c1=O.[Br-]. The highest BCUT2D eigenvalue weighted by Crippen LogP contribution is 2.26. The molecule has 0 radical (unpaired) electrons. The predicted octanol–water partition coefficient (Wildman–Crippen LogP) is 0.328. The number of aromatic nitrogens is 2.